The second kappa shape index (κ2) is 4.91. The lowest BCUT2D eigenvalue weighted by Crippen LogP contribution is -2.35. The molecule has 1 fully saturated rings. The van der Waals surface area contributed by atoms with Crippen LogP contribution in [-0.4, -0.2) is 36.4 Å². The van der Waals surface area contributed by atoms with Crippen LogP contribution < -0.4 is 10.1 Å². The van der Waals surface area contributed by atoms with Crippen molar-refractivity contribution < 1.29 is 14.3 Å². The largest absolute Gasteiger partial charge is 0.482 e. The predicted octanol–water partition coefficient (Wildman–Crippen LogP) is 1.64. The van der Waals surface area contributed by atoms with Crippen molar-refractivity contribution in [1.82, 2.24) is 4.90 Å². The van der Waals surface area contributed by atoms with E-state index in [9.17, 15) is 9.59 Å². The fourth-order valence-corrected chi connectivity index (χ4v) is 2.49. The van der Waals surface area contributed by atoms with Crippen LogP contribution in [0.4, 0.5) is 5.69 Å². The molecule has 1 aromatic carbocycles. The number of likely N-dealkylation sites (tertiary alicyclic amines) is 1. The van der Waals surface area contributed by atoms with E-state index in [4.69, 9.17) is 4.74 Å². The second-order valence-corrected chi connectivity index (χ2v) is 4.90. The van der Waals surface area contributed by atoms with Crippen molar-refractivity contribution in [2.45, 2.75) is 19.3 Å². The minimum atomic E-state index is -0.164. The number of amides is 2. The fourth-order valence-electron chi connectivity index (χ4n) is 2.49. The van der Waals surface area contributed by atoms with Crippen molar-refractivity contribution in [2.24, 2.45) is 0 Å². The fraction of sp³-hybridized carbons (Fsp3) is 0.429. The van der Waals surface area contributed by atoms with Crippen LogP contribution in [0.2, 0.25) is 0 Å². The van der Waals surface area contributed by atoms with Gasteiger partial charge in [0.05, 0.1) is 5.69 Å². The quantitative estimate of drug-likeness (QED) is 0.835. The van der Waals surface area contributed by atoms with Crippen LogP contribution in [0.1, 0.15) is 29.6 Å². The standard InChI is InChI=1S/C14H16N2O3/c17-13-9-19-12-8-10(4-5-11(12)15-13)14(18)16-6-2-1-3-7-16/h4-5,8H,1-3,6-7,9H2,(H,15,17). The van der Waals surface area contributed by atoms with Crippen LogP contribution in [-0.2, 0) is 4.79 Å². The summed E-state index contributed by atoms with van der Waals surface area (Å²) in [6, 6.07) is 5.18. The van der Waals surface area contributed by atoms with Gasteiger partial charge in [0.2, 0.25) is 0 Å². The maximum Gasteiger partial charge on any atom is 0.262 e. The normalized spacial score (nSPS) is 18.3. The van der Waals surface area contributed by atoms with Crippen molar-refractivity contribution in [3.05, 3.63) is 23.8 Å². The Balaban J connectivity index is 1.81. The first-order valence-electron chi connectivity index (χ1n) is 6.60. The average Bonchev–Trinajstić information content (AvgIpc) is 2.47. The van der Waals surface area contributed by atoms with Crippen LogP contribution in [0.15, 0.2) is 18.2 Å². The number of hydrogen-bond donors (Lipinski definition) is 1. The first-order chi connectivity index (χ1) is 9.24. The molecule has 0 atom stereocenters. The van der Waals surface area contributed by atoms with Crippen molar-refractivity contribution >= 4 is 17.5 Å². The number of nitrogens with one attached hydrogen (secondary N) is 1. The molecule has 0 saturated carbocycles. The highest BCUT2D eigenvalue weighted by Gasteiger charge is 2.21. The summed E-state index contributed by atoms with van der Waals surface area (Å²) in [5.41, 5.74) is 1.25. The van der Waals surface area contributed by atoms with Gasteiger partial charge in [0.15, 0.2) is 6.61 Å². The zero-order chi connectivity index (χ0) is 13.2. The van der Waals surface area contributed by atoms with Crippen molar-refractivity contribution in [3.63, 3.8) is 0 Å². The molecule has 0 aromatic heterocycles. The summed E-state index contributed by atoms with van der Waals surface area (Å²) in [4.78, 5) is 25.4. The van der Waals surface area contributed by atoms with Gasteiger partial charge < -0.3 is 15.0 Å². The van der Waals surface area contributed by atoms with E-state index in [0.717, 1.165) is 25.9 Å². The Kier molecular flexibility index (Phi) is 3.11. The van der Waals surface area contributed by atoms with Gasteiger partial charge in [0.25, 0.3) is 11.8 Å². The summed E-state index contributed by atoms with van der Waals surface area (Å²) in [6.07, 6.45) is 3.34. The molecule has 1 aromatic rings. The minimum absolute atomic E-state index is 0.00829. The van der Waals surface area contributed by atoms with Crippen LogP contribution in [0.3, 0.4) is 0 Å². The molecule has 100 valence electrons. The van der Waals surface area contributed by atoms with E-state index in [1.54, 1.807) is 18.2 Å². The first kappa shape index (κ1) is 12.0. The van der Waals surface area contributed by atoms with E-state index >= 15 is 0 Å². The molecule has 0 unspecified atom stereocenters. The summed E-state index contributed by atoms with van der Waals surface area (Å²) in [7, 11) is 0. The topological polar surface area (TPSA) is 58.6 Å². The Morgan fingerprint density at radius 2 is 2.00 bits per heavy atom. The smallest absolute Gasteiger partial charge is 0.262 e. The minimum Gasteiger partial charge on any atom is -0.482 e. The number of benzene rings is 1. The molecule has 2 heterocycles. The molecule has 0 radical (unpaired) electrons. The zero-order valence-corrected chi connectivity index (χ0v) is 10.6. The summed E-state index contributed by atoms with van der Waals surface area (Å²) in [5, 5.41) is 2.72. The Labute approximate surface area is 111 Å². The summed E-state index contributed by atoms with van der Waals surface area (Å²) in [6.45, 7) is 1.66. The number of fused-ring (bicyclic) bond motifs is 1. The van der Waals surface area contributed by atoms with Crippen LogP contribution >= 0.6 is 0 Å². The zero-order valence-electron chi connectivity index (χ0n) is 10.6. The van der Waals surface area contributed by atoms with Gasteiger partial charge in [0, 0.05) is 18.7 Å². The molecule has 0 spiro atoms. The lowest BCUT2D eigenvalue weighted by Gasteiger charge is -2.27. The monoisotopic (exact) mass is 260 g/mol. The van der Waals surface area contributed by atoms with Crippen molar-refractivity contribution in [1.29, 1.82) is 0 Å². The third-order valence-corrected chi connectivity index (χ3v) is 3.50. The molecule has 0 aliphatic carbocycles. The van der Waals surface area contributed by atoms with Gasteiger partial charge in [-0.2, -0.15) is 0 Å². The van der Waals surface area contributed by atoms with Gasteiger partial charge in [-0.3, -0.25) is 9.59 Å². The number of nitrogens with zero attached hydrogens (tertiary/aromatic N) is 1. The van der Waals surface area contributed by atoms with E-state index in [0.29, 0.717) is 17.0 Å². The molecule has 3 rings (SSSR count). The highest BCUT2D eigenvalue weighted by molar-refractivity contribution is 5.99. The predicted molar refractivity (Wildman–Crippen MR) is 70.3 cm³/mol. The van der Waals surface area contributed by atoms with Crippen molar-refractivity contribution in [2.75, 3.05) is 25.0 Å². The second-order valence-electron chi connectivity index (χ2n) is 4.90. The Morgan fingerprint density at radius 1 is 1.21 bits per heavy atom. The number of carbonyl (C=O) groups excluding carboxylic acids is 2. The van der Waals surface area contributed by atoms with Gasteiger partial charge in [-0.05, 0) is 37.5 Å². The van der Waals surface area contributed by atoms with E-state index in [1.165, 1.54) is 6.42 Å². The molecule has 0 bridgehead atoms. The number of ether oxygens (including phenoxy) is 1. The molecular formula is C14H16N2O3. The van der Waals surface area contributed by atoms with Crippen LogP contribution in [0, 0.1) is 0 Å². The number of anilines is 1. The highest BCUT2D eigenvalue weighted by atomic mass is 16.5. The number of rotatable bonds is 1. The Bertz CT molecular complexity index is 521. The van der Waals surface area contributed by atoms with E-state index < -0.39 is 0 Å². The molecule has 19 heavy (non-hydrogen) atoms. The molecular weight excluding hydrogens is 244 g/mol. The van der Waals surface area contributed by atoms with Gasteiger partial charge in [0.1, 0.15) is 5.75 Å². The molecule has 1 saturated heterocycles. The Morgan fingerprint density at radius 3 is 2.79 bits per heavy atom. The van der Waals surface area contributed by atoms with Gasteiger partial charge in [-0.15, -0.1) is 0 Å². The molecule has 2 aliphatic heterocycles. The maximum atomic E-state index is 12.3. The molecule has 1 N–H and O–H groups in total. The van der Waals surface area contributed by atoms with Gasteiger partial charge >= 0.3 is 0 Å². The van der Waals surface area contributed by atoms with Gasteiger partial charge in [-0.1, -0.05) is 0 Å². The number of piperidine rings is 1. The summed E-state index contributed by atoms with van der Waals surface area (Å²) >= 11 is 0. The van der Waals surface area contributed by atoms with Gasteiger partial charge in [-0.25, -0.2) is 0 Å². The number of carbonyl (C=O) groups is 2. The molecule has 2 aliphatic rings. The average molecular weight is 260 g/mol. The maximum absolute atomic E-state index is 12.3. The molecule has 5 heteroatoms. The summed E-state index contributed by atoms with van der Waals surface area (Å²) in [5.74, 6) is 0.452. The van der Waals surface area contributed by atoms with E-state index in [-0.39, 0.29) is 18.4 Å². The van der Waals surface area contributed by atoms with Crippen LogP contribution in [0.5, 0.6) is 5.75 Å². The third-order valence-electron chi connectivity index (χ3n) is 3.50. The lowest BCUT2D eigenvalue weighted by atomic mass is 10.1. The van der Waals surface area contributed by atoms with Crippen molar-refractivity contribution in [3.8, 4) is 5.75 Å². The van der Waals surface area contributed by atoms with E-state index in [1.807, 2.05) is 4.90 Å². The number of hydrogen-bond acceptors (Lipinski definition) is 3. The molecule has 2 amide bonds. The summed E-state index contributed by atoms with van der Waals surface area (Å²) < 4.78 is 5.33. The molecule has 5 nitrogen and oxygen atoms in total. The highest BCUT2D eigenvalue weighted by Crippen LogP contribution is 2.29. The Hall–Kier alpha value is -2.04. The lowest BCUT2D eigenvalue weighted by molar-refractivity contribution is -0.118. The SMILES string of the molecule is O=C1COc2cc(C(=O)N3CCCCC3)ccc2N1. The van der Waals surface area contributed by atoms with Crippen LogP contribution in [0.25, 0.3) is 0 Å². The third kappa shape index (κ3) is 2.41. The van der Waals surface area contributed by atoms with E-state index in [2.05, 4.69) is 5.32 Å². The first-order valence-corrected chi connectivity index (χ1v) is 6.60.